The molecule has 1 spiro atoms. The van der Waals surface area contributed by atoms with E-state index in [0.717, 1.165) is 31.7 Å². The maximum Gasteiger partial charge on any atom is 0.342 e. The third-order valence-corrected chi connectivity index (χ3v) is 6.29. The van der Waals surface area contributed by atoms with E-state index in [-0.39, 0.29) is 11.2 Å². The van der Waals surface area contributed by atoms with Gasteiger partial charge in [-0.15, -0.1) is 0 Å². The van der Waals surface area contributed by atoms with Crippen molar-refractivity contribution in [3.63, 3.8) is 0 Å². The van der Waals surface area contributed by atoms with E-state index < -0.39 is 11.6 Å². The summed E-state index contributed by atoms with van der Waals surface area (Å²) in [6, 6.07) is 1.85. The summed E-state index contributed by atoms with van der Waals surface area (Å²) in [7, 11) is 1.86. The second-order valence-electron chi connectivity index (χ2n) is 7.65. The first-order chi connectivity index (χ1) is 13.0. The minimum atomic E-state index is -0.677. The molecule has 2 fully saturated rings. The number of urea groups is 1. The Balaban J connectivity index is 1.37. The Hall–Kier alpha value is -1.86. The average Bonchev–Trinajstić information content (AvgIpc) is 3.28. The number of piperidine rings is 1. The van der Waals surface area contributed by atoms with Crippen LogP contribution in [0.5, 0.6) is 0 Å². The number of rotatable bonds is 3. The number of ether oxygens (including phenoxy) is 1. The van der Waals surface area contributed by atoms with Gasteiger partial charge in [0.2, 0.25) is 0 Å². The summed E-state index contributed by atoms with van der Waals surface area (Å²) in [5.74, 6) is -0.411. The van der Waals surface area contributed by atoms with E-state index >= 15 is 0 Å². The molecule has 7 nitrogen and oxygen atoms in total. The number of esters is 1. The van der Waals surface area contributed by atoms with Crippen molar-refractivity contribution in [3.8, 4) is 0 Å². The molecule has 1 aromatic rings. The SMILES string of the molecule is CN(CCN1CCCC1)C(=O)N1CCC2(CC1)OC(=O)c1c2ccnc1Cl. The summed E-state index contributed by atoms with van der Waals surface area (Å²) >= 11 is 6.09. The van der Waals surface area contributed by atoms with Gasteiger partial charge in [-0.1, -0.05) is 11.6 Å². The Kier molecular flexibility index (Phi) is 4.99. The molecule has 2 amide bonds. The van der Waals surface area contributed by atoms with E-state index in [2.05, 4.69) is 9.88 Å². The highest BCUT2D eigenvalue weighted by molar-refractivity contribution is 6.32. The summed E-state index contributed by atoms with van der Waals surface area (Å²) in [6.07, 6.45) is 5.28. The van der Waals surface area contributed by atoms with Gasteiger partial charge in [-0.2, -0.15) is 0 Å². The van der Waals surface area contributed by atoms with Gasteiger partial charge in [0.25, 0.3) is 0 Å². The van der Waals surface area contributed by atoms with Crippen LogP contribution in [0.2, 0.25) is 5.15 Å². The third-order valence-electron chi connectivity index (χ3n) is 6.01. The number of likely N-dealkylation sites (N-methyl/N-ethyl adjacent to an activating group) is 1. The van der Waals surface area contributed by atoms with Crippen molar-refractivity contribution in [2.75, 3.05) is 46.3 Å². The van der Waals surface area contributed by atoms with Crippen molar-refractivity contribution >= 4 is 23.6 Å². The molecule has 1 aromatic heterocycles. The highest BCUT2D eigenvalue weighted by atomic mass is 35.5. The molecule has 3 aliphatic rings. The zero-order valence-electron chi connectivity index (χ0n) is 15.6. The monoisotopic (exact) mass is 392 g/mol. The van der Waals surface area contributed by atoms with E-state index in [1.165, 1.54) is 12.8 Å². The number of likely N-dealkylation sites (tertiary alicyclic amines) is 2. The normalized spacial score (nSPS) is 21.4. The van der Waals surface area contributed by atoms with Crippen LogP contribution < -0.4 is 0 Å². The van der Waals surface area contributed by atoms with Crippen LogP contribution in [0.3, 0.4) is 0 Å². The minimum absolute atomic E-state index is 0.0429. The van der Waals surface area contributed by atoms with Crippen molar-refractivity contribution in [2.45, 2.75) is 31.3 Å². The lowest BCUT2D eigenvalue weighted by Crippen LogP contribution is -2.50. The first-order valence-corrected chi connectivity index (χ1v) is 9.99. The van der Waals surface area contributed by atoms with E-state index in [4.69, 9.17) is 16.3 Å². The first kappa shape index (κ1) is 18.5. The lowest BCUT2D eigenvalue weighted by Gasteiger charge is -2.39. The predicted molar refractivity (Wildman–Crippen MR) is 101 cm³/mol. The van der Waals surface area contributed by atoms with Crippen LogP contribution in [0.1, 0.15) is 41.6 Å². The number of aromatic nitrogens is 1. The number of amides is 2. The Labute approximate surface area is 164 Å². The molecule has 0 N–H and O–H groups in total. The van der Waals surface area contributed by atoms with Crippen LogP contribution in [-0.4, -0.2) is 78.0 Å². The summed E-state index contributed by atoms with van der Waals surface area (Å²) in [4.78, 5) is 35.1. The number of carbonyl (C=O) groups excluding carboxylic acids is 2. The van der Waals surface area contributed by atoms with E-state index in [1.807, 2.05) is 18.0 Å². The fourth-order valence-corrected chi connectivity index (χ4v) is 4.59. The molecule has 27 heavy (non-hydrogen) atoms. The van der Waals surface area contributed by atoms with Gasteiger partial charge in [0.05, 0.1) is 0 Å². The van der Waals surface area contributed by atoms with Gasteiger partial charge in [-0.25, -0.2) is 14.6 Å². The second kappa shape index (κ2) is 7.28. The number of hydrogen-bond acceptors (Lipinski definition) is 5. The van der Waals surface area contributed by atoms with Crippen LogP contribution in [0.4, 0.5) is 4.79 Å². The number of nitrogens with zero attached hydrogens (tertiary/aromatic N) is 4. The summed E-state index contributed by atoms with van der Waals surface area (Å²) in [5.41, 5.74) is 0.507. The molecule has 0 aliphatic carbocycles. The molecule has 0 saturated carbocycles. The first-order valence-electron chi connectivity index (χ1n) is 9.61. The molecule has 0 bridgehead atoms. The molecular formula is C19H25ClN4O3. The van der Waals surface area contributed by atoms with Crippen LogP contribution in [0.15, 0.2) is 12.3 Å². The van der Waals surface area contributed by atoms with Crippen molar-refractivity contribution in [1.29, 1.82) is 0 Å². The molecular weight excluding hydrogens is 368 g/mol. The quantitative estimate of drug-likeness (QED) is 0.583. The fraction of sp³-hybridized carbons (Fsp3) is 0.632. The lowest BCUT2D eigenvalue weighted by molar-refractivity contribution is -0.0383. The molecule has 0 radical (unpaired) electrons. The Morgan fingerprint density at radius 1 is 1.30 bits per heavy atom. The molecule has 2 saturated heterocycles. The number of fused-ring (bicyclic) bond motifs is 2. The molecule has 4 heterocycles. The topological polar surface area (TPSA) is 66.0 Å². The summed E-state index contributed by atoms with van der Waals surface area (Å²) < 4.78 is 5.72. The summed E-state index contributed by atoms with van der Waals surface area (Å²) in [6.45, 7) is 5.04. The lowest BCUT2D eigenvalue weighted by atomic mass is 9.84. The molecule has 0 atom stereocenters. The van der Waals surface area contributed by atoms with Crippen molar-refractivity contribution in [1.82, 2.24) is 19.7 Å². The molecule has 3 aliphatic heterocycles. The second-order valence-corrected chi connectivity index (χ2v) is 8.01. The van der Waals surface area contributed by atoms with Gasteiger partial charge in [-0.05, 0) is 32.0 Å². The maximum atomic E-state index is 12.8. The number of halogens is 1. The van der Waals surface area contributed by atoms with Crippen LogP contribution in [0, 0.1) is 0 Å². The molecule has 0 aromatic carbocycles. The van der Waals surface area contributed by atoms with Gasteiger partial charge in [0.1, 0.15) is 16.3 Å². The highest BCUT2D eigenvalue weighted by Crippen LogP contribution is 2.45. The maximum absolute atomic E-state index is 12.8. The molecule has 4 rings (SSSR count). The van der Waals surface area contributed by atoms with Crippen molar-refractivity contribution in [2.24, 2.45) is 0 Å². The van der Waals surface area contributed by atoms with Gasteiger partial charge in [-0.3, -0.25) is 0 Å². The fourth-order valence-electron chi connectivity index (χ4n) is 4.36. The average molecular weight is 393 g/mol. The molecule has 0 unspecified atom stereocenters. The van der Waals surface area contributed by atoms with E-state index in [1.54, 1.807) is 11.1 Å². The molecule has 146 valence electrons. The van der Waals surface area contributed by atoms with Crippen molar-refractivity contribution in [3.05, 3.63) is 28.5 Å². The minimum Gasteiger partial charge on any atom is -0.450 e. The van der Waals surface area contributed by atoms with Crippen LogP contribution in [0.25, 0.3) is 0 Å². The Bertz CT molecular complexity index is 742. The molecule has 8 heteroatoms. The highest BCUT2D eigenvalue weighted by Gasteiger charge is 2.49. The number of carbonyl (C=O) groups is 2. The van der Waals surface area contributed by atoms with Crippen molar-refractivity contribution < 1.29 is 14.3 Å². The van der Waals surface area contributed by atoms with Crippen LogP contribution in [-0.2, 0) is 10.3 Å². The van der Waals surface area contributed by atoms with Crippen LogP contribution >= 0.6 is 11.6 Å². The standard InChI is InChI=1S/C19H25ClN4O3/c1-22(12-13-23-8-2-3-9-23)18(26)24-10-5-19(6-11-24)14-4-7-21-16(20)15(14)17(25)27-19/h4,7H,2-3,5-6,8-13H2,1H3. The smallest absolute Gasteiger partial charge is 0.342 e. The zero-order chi connectivity index (χ0) is 19.0. The van der Waals surface area contributed by atoms with Gasteiger partial charge >= 0.3 is 12.0 Å². The largest absolute Gasteiger partial charge is 0.450 e. The van der Waals surface area contributed by atoms with Gasteiger partial charge in [0, 0.05) is 57.8 Å². The van der Waals surface area contributed by atoms with Gasteiger partial charge in [0.15, 0.2) is 0 Å². The Morgan fingerprint density at radius 3 is 2.70 bits per heavy atom. The van der Waals surface area contributed by atoms with E-state index in [0.29, 0.717) is 31.5 Å². The third kappa shape index (κ3) is 3.38. The zero-order valence-corrected chi connectivity index (χ0v) is 16.4. The summed E-state index contributed by atoms with van der Waals surface area (Å²) in [5, 5.41) is 0.189. The predicted octanol–water partition coefficient (Wildman–Crippen LogP) is 2.34. The number of hydrogen-bond donors (Lipinski definition) is 0. The van der Waals surface area contributed by atoms with Gasteiger partial charge < -0.3 is 19.4 Å². The van der Waals surface area contributed by atoms with E-state index in [9.17, 15) is 9.59 Å². The Morgan fingerprint density at radius 2 is 2.00 bits per heavy atom. The number of pyridine rings is 1.